The van der Waals surface area contributed by atoms with Gasteiger partial charge in [0.15, 0.2) is 0 Å². The van der Waals surface area contributed by atoms with E-state index in [9.17, 15) is 4.79 Å². The first kappa shape index (κ1) is 15.1. The fourth-order valence-electron chi connectivity index (χ4n) is 2.17. The molecule has 1 heterocycles. The van der Waals surface area contributed by atoms with E-state index in [1.54, 1.807) is 7.11 Å². The molecule has 0 saturated carbocycles. The minimum absolute atomic E-state index is 0.0917. The molecule has 6 heteroatoms. The second-order valence-corrected chi connectivity index (χ2v) is 5.46. The van der Waals surface area contributed by atoms with Crippen LogP contribution in [0, 0.1) is 0 Å². The van der Waals surface area contributed by atoms with Crippen molar-refractivity contribution in [2.75, 3.05) is 32.2 Å². The largest absolute Gasteiger partial charge is 0.497 e. The Morgan fingerprint density at radius 3 is 3.05 bits per heavy atom. The van der Waals surface area contributed by atoms with Gasteiger partial charge in [-0.05, 0) is 40.5 Å². The lowest BCUT2D eigenvalue weighted by Crippen LogP contribution is -2.50. The number of benzene rings is 1. The monoisotopic (exact) mass is 342 g/mol. The summed E-state index contributed by atoms with van der Waals surface area (Å²) in [7, 11) is 1.61. The Bertz CT molecular complexity index is 481. The summed E-state index contributed by atoms with van der Waals surface area (Å²) in [6.07, 6.45) is 0.886. The number of carbonyl (C=O) groups is 1. The highest BCUT2D eigenvalue weighted by molar-refractivity contribution is 9.10. The zero-order valence-corrected chi connectivity index (χ0v) is 13.3. The predicted molar refractivity (Wildman–Crippen MR) is 81.3 cm³/mol. The van der Waals surface area contributed by atoms with Gasteiger partial charge in [0.1, 0.15) is 5.75 Å². The standard InChI is InChI=1S/C14H19BrN2O3/c1-3-10-9-20-7-6-17(10)14(18)16-13-5-4-11(19-2)8-12(13)15/h4-5,8,10H,3,6-7,9H2,1-2H3,(H,16,18)/t10-/m1/s1. The fraction of sp³-hybridized carbons (Fsp3) is 0.500. The summed E-state index contributed by atoms with van der Waals surface area (Å²) < 4.78 is 11.3. The van der Waals surface area contributed by atoms with Crippen LogP contribution in [-0.2, 0) is 4.74 Å². The number of nitrogens with one attached hydrogen (secondary N) is 1. The first-order valence-electron chi connectivity index (χ1n) is 6.64. The third-order valence-electron chi connectivity index (χ3n) is 3.38. The van der Waals surface area contributed by atoms with Gasteiger partial charge in [0.2, 0.25) is 0 Å². The average Bonchev–Trinajstić information content (AvgIpc) is 2.49. The van der Waals surface area contributed by atoms with Crippen molar-refractivity contribution in [3.63, 3.8) is 0 Å². The molecule has 1 aliphatic rings. The van der Waals surface area contributed by atoms with Gasteiger partial charge in [-0.15, -0.1) is 0 Å². The van der Waals surface area contributed by atoms with Crippen molar-refractivity contribution in [1.82, 2.24) is 4.90 Å². The van der Waals surface area contributed by atoms with Crippen LogP contribution in [0.25, 0.3) is 0 Å². The molecule has 5 nitrogen and oxygen atoms in total. The molecule has 0 spiro atoms. The lowest BCUT2D eigenvalue weighted by atomic mass is 10.2. The van der Waals surface area contributed by atoms with Gasteiger partial charge in [-0.3, -0.25) is 0 Å². The number of hydrogen-bond acceptors (Lipinski definition) is 3. The molecule has 0 radical (unpaired) electrons. The summed E-state index contributed by atoms with van der Waals surface area (Å²) in [4.78, 5) is 14.2. The predicted octanol–water partition coefficient (Wildman–Crippen LogP) is 3.10. The van der Waals surface area contributed by atoms with Gasteiger partial charge < -0.3 is 19.7 Å². The summed E-state index contributed by atoms with van der Waals surface area (Å²) >= 11 is 3.43. The Labute approximate surface area is 127 Å². The highest BCUT2D eigenvalue weighted by Gasteiger charge is 2.26. The summed E-state index contributed by atoms with van der Waals surface area (Å²) in [6, 6.07) is 5.51. The third-order valence-corrected chi connectivity index (χ3v) is 4.03. The van der Waals surface area contributed by atoms with E-state index in [0.717, 1.165) is 22.3 Å². The van der Waals surface area contributed by atoms with E-state index in [1.165, 1.54) is 0 Å². The number of rotatable bonds is 3. The molecule has 0 aliphatic carbocycles. The number of ether oxygens (including phenoxy) is 2. The first-order chi connectivity index (χ1) is 9.65. The quantitative estimate of drug-likeness (QED) is 0.918. The summed E-state index contributed by atoms with van der Waals surface area (Å²) in [5.41, 5.74) is 0.733. The average molecular weight is 343 g/mol. The number of methoxy groups -OCH3 is 1. The van der Waals surface area contributed by atoms with E-state index < -0.39 is 0 Å². The maximum atomic E-state index is 12.4. The van der Waals surface area contributed by atoms with Gasteiger partial charge >= 0.3 is 6.03 Å². The van der Waals surface area contributed by atoms with Gasteiger partial charge in [0.05, 0.1) is 32.1 Å². The van der Waals surface area contributed by atoms with Crippen LogP contribution < -0.4 is 10.1 Å². The number of halogens is 1. The highest BCUT2D eigenvalue weighted by Crippen LogP contribution is 2.27. The SMILES string of the molecule is CC[C@@H]1COCCN1C(=O)Nc1ccc(OC)cc1Br. The van der Waals surface area contributed by atoms with Crippen LogP contribution >= 0.6 is 15.9 Å². The summed E-state index contributed by atoms with van der Waals surface area (Å²) in [5.74, 6) is 0.743. The molecule has 20 heavy (non-hydrogen) atoms. The zero-order chi connectivity index (χ0) is 14.5. The molecule has 1 aromatic carbocycles. The Balaban J connectivity index is 2.07. The highest BCUT2D eigenvalue weighted by atomic mass is 79.9. The molecule has 1 saturated heterocycles. The van der Waals surface area contributed by atoms with E-state index in [0.29, 0.717) is 19.8 Å². The molecule has 1 N–H and O–H groups in total. The van der Waals surface area contributed by atoms with Crippen molar-refractivity contribution in [2.45, 2.75) is 19.4 Å². The Morgan fingerprint density at radius 1 is 1.60 bits per heavy atom. The lowest BCUT2D eigenvalue weighted by molar-refractivity contribution is 0.0144. The first-order valence-corrected chi connectivity index (χ1v) is 7.44. The van der Waals surface area contributed by atoms with Crippen molar-refractivity contribution in [2.24, 2.45) is 0 Å². The second kappa shape index (κ2) is 6.95. The molecule has 2 amide bonds. The lowest BCUT2D eigenvalue weighted by Gasteiger charge is -2.35. The number of urea groups is 1. The molecule has 1 fully saturated rings. The van der Waals surface area contributed by atoms with Crippen molar-refractivity contribution >= 4 is 27.6 Å². The summed E-state index contributed by atoms with van der Waals surface area (Å²) in [5, 5.41) is 2.92. The van der Waals surface area contributed by atoms with Gasteiger partial charge in [-0.1, -0.05) is 6.92 Å². The summed E-state index contributed by atoms with van der Waals surface area (Å²) in [6.45, 7) is 3.88. The van der Waals surface area contributed by atoms with E-state index in [4.69, 9.17) is 9.47 Å². The van der Waals surface area contributed by atoms with Crippen LogP contribution in [0.4, 0.5) is 10.5 Å². The molecule has 0 aromatic heterocycles. The van der Waals surface area contributed by atoms with E-state index in [2.05, 4.69) is 28.2 Å². The number of amides is 2. The van der Waals surface area contributed by atoms with Gasteiger partial charge in [0.25, 0.3) is 0 Å². The van der Waals surface area contributed by atoms with Crippen molar-refractivity contribution in [3.8, 4) is 5.75 Å². The van der Waals surface area contributed by atoms with Crippen LogP contribution in [0.5, 0.6) is 5.75 Å². The van der Waals surface area contributed by atoms with Crippen LogP contribution in [-0.4, -0.2) is 43.8 Å². The Hall–Kier alpha value is -1.27. The van der Waals surface area contributed by atoms with Crippen LogP contribution in [0.3, 0.4) is 0 Å². The van der Waals surface area contributed by atoms with E-state index in [-0.39, 0.29) is 12.1 Å². The minimum Gasteiger partial charge on any atom is -0.497 e. The molecule has 110 valence electrons. The molecule has 0 unspecified atom stereocenters. The van der Waals surface area contributed by atoms with Gasteiger partial charge in [0, 0.05) is 11.0 Å². The maximum Gasteiger partial charge on any atom is 0.322 e. The smallest absolute Gasteiger partial charge is 0.322 e. The molecule has 1 aliphatic heterocycles. The topological polar surface area (TPSA) is 50.8 Å². The van der Waals surface area contributed by atoms with E-state index in [1.807, 2.05) is 23.1 Å². The third kappa shape index (κ3) is 3.43. The van der Waals surface area contributed by atoms with Crippen LogP contribution in [0.1, 0.15) is 13.3 Å². The van der Waals surface area contributed by atoms with Crippen molar-refractivity contribution in [3.05, 3.63) is 22.7 Å². The number of anilines is 1. The van der Waals surface area contributed by atoms with Crippen molar-refractivity contribution < 1.29 is 14.3 Å². The minimum atomic E-state index is -0.0917. The number of nitrogens with zero attached hydrogens (tertiary/aromatic N) is 1. The van der Waals surface area contributed by atoms with Gasteiger partial charge in [-0.25, -0.2) is 4.79 Å². The molecule has 0 bridgehead atoms. The van der Waals surface area contributed by atoms with Crippen LogP contribution in [0.2, 0.25) is 0 Å². The molecular weight excluding hydrogens is 324 g/mol. The number of morpholine rings is 1. The Morgan fingerprint density at radius 2 is 2.40 bits per heavy atom. The molecule has 2 rings (SSSR count). The zero-order valence-electron chi connectivity index (χ0n) is 11.7. The van der Waals surface area contributed by atoms with Gasteiger partial charge in [-0.2, -0.15) is 0 Å². The fourth-order valence-corrected chi connectivity index (χ4v) is 2.63. The number of hydrogen-bond donors (Lipinski definition) is 1. The molecule has 1 atom stereocenters. The van der Waals surface area contributed by atoms with Crippen LogP contribution in [0.15, 0.2) is 22.7 Å². The number of carbonyl (C=O) groups excluding carboxylic acids is 1. The van der Waals surface area contributed by atoms with E-state index >= 15 is 0 Å². The molecular formula is C14H19BrN2O3. The maximum absolute atomic E-state index is 12.4. The Kier molecular flexibility index (Phi) is 5.25. The second-order valence-electron chi connectivity index (χ2n) is 4.61. The normalized spacial score (nSPS) is 18.8. The van der Waals surface area contributed by atoms with Crippen molar-refractivity contribution in [1.29, 1.82) is 0 Å². The molecule has 1 aromatic rings.